The normalized spacial score (nSPS) is 10.9. The molecule has 0 atom stereocenters. The molecule has 3 rings (SSSR count). The number of hydrogen-bond acceptors (Lipinski definition) is 8. The fourth-order valence-corrected chi connectivity index (χ4v) is 4.70. The Bertz CT molecular complexity index is 1170. The molecule has 0 radical (unpaired) electrons. The number of carbonyl (C=O) groups excluding carboxylic acids is 1. The third-order valence-electron chi connectivity index (χ3n) is 5.85. The highest BCUT2D eigenvalue weighted by Crippen LogP contribution is 2.29. The van der Waals surface area contributed by atoms with Crippen LogP contribution in [0.2, 0.25) is 5.15 Å². The fraction of sp³-hybridized carbons (Fsp3) is 0.393. The molecule has 7 nitrogen and oxygen atoms in total. The van der Waals surface area contributed by atoms with Gasteiger partial charge in [0.1, 0.15) is 10.6 Å². The Balaban J connectivity index is 1.29. The highest BCUT2D eigenvalue weighted by molar-refractivity contribution is 7.17. The van der Waals surface area contributed by atoms with Crippen molar-refractivity contribution in [1.82, 2.24) is 4.98 Å². The Kier molecular flexibility index (Phi) is 12.0. The number of unbranched alkanes of at least 4 members (excludes halogenated alkanes) is 5. The second kappa shape index (κ2) is 15.7. The van der Waals surface area contributed by atoms with Gasteiger partial charge in [-0.3, -0.25) is 4.79 Å². The molecule has 0 amide bonds. The van der Waals surface area contributed by atoms with Gasteiger partial charge in [-0.05, 0) is 61.7 Å². The zero-order valence-corrected chi connectivity index (χ0v) is 22.7. The number of thiazole rings is 1. The molecule has 0 unspecified atom stereocenters. The lowest BCUT2D eigenvalue weighted by Crippen LogP contribution is -2.23. The van der Waals surface area contributed by atoms with E-state index in [0.29, 0.717) is 22.7 Å². The molecule has 9 heteroatoms. The van der Waals surface area contributed by atoms with Crippen molar-refractivity contribution in [2.24, 2.45) is 10.2 Å². The predicted octanol–water partition coefficient (Wildman–Crippen LogP) is 8.34. The van der Waals surface area contributed by atoms with Crippen molar-refractivity contribution >= 4 is 45.7 Å². The van der Waals surface area contributed by atoms with Gasteiger partial charge >= 0.3 is 0 Å². The summed E-state index contributed by atoms with van der Waals surface area (Å²) in [5.41, 5.74) is 2.91. The van der Waals surface area contributed by atoms with Crippen LogP contribution >= 0.6 is 22.9 Å². The first-order valence-corrected chi connectivity index (χ1v) is 13.8. The van der Waals surface area contributed by atoms with E-state index in [0.717, 1.165) is 60.9 Å². The van der Waals surface area contributed by atoms with Crippen molar-refractivity contribution in [1.29, 1.82) is 5.26 Å². The summed E-state index contributed by atoms with van der Waals surface area (Å²) in [5.74, 6) is 0.870. The highest BCUT2D eigenvalue weighted by Gasteiger charge is 2.08. The Morgan fingerprint density at radius 2 is 1.73 bits per heavy atom. The lowest BCUT2D eigenvalue weighted by atomic mass is 10.1. The van der Waals surface area contributed by atoms with E-state index >= 15 is 0 Å². The Morgan fingerprint density at radius 1 is 1.03 bits per heavy atom. The van der Waals surface area contributed by atoms with Gasteiger partial charge in [-0.2, -0.15) is 5.26 Å². The molecule has 0 aliphatic heterocycles. The summed E-state index contributed by atoms with van der Waals surface area (Å²) in [5, 5.41) is 17.5. The molecule has 0 saturated carbocycles. The van der Waals surface area contributed by atoms with Crippen LogP contribution in [0.4, 0.5) is 16.5 Å². The predicted molar refractivity (Wildman–Crippen MR) is 150 cm³/mol. The fourth-order valence-electron chi connectivity index (χ4n) is 3.81. The molecule has 3 aromatic rings. The van der Waals surface area contributed by atoms with E-state index in [-0.39, 0.29) is 5.15 Å². The van der Waals surface area contributed by atoms with E-state index in [1.807, 2.05) is 36.4 Å². The minimum atomic E-state index is 0.160. The summed E-state index contributed by atoms with van der Waals surface area (Å²) in [6.45, 7) is 4.87. The Hall–Kier alpha value is -3.28. The van der Waals surface area contributed by atoms with Crippen LogP contribution in [0, 0.1) is 11.3 Å². The number of benzene rings is 2. The average Bonchev–Trinajstić information content (AvgIpc) is 3.29. The van der Waals surface area contributed by atoms with E-state index in [1.165, 1.54) is 31.4 Å². The number of hydrogen-bond donors (Lipinski definition) is 0. The van der Waals surface area contributed by atoms with Crippen LogP contribution in [-0.2, 0) is 6.42 Å². The maximum absolute atomic E-state index is 10.9. The van der Waals surface area contributed by atoms with E-state index in [2.05, 4.69) is 45.2 Å². The number of azo groups is 1. The molecule has 0 aliphatic rings. The second-order valence-electron chi connectivity index (χ2n) is 8.51. The first-order valence-electron chi connectivity index (χ1n) is 12.6. The summed E-state index contributed by atoms with van der Waals surface area (Å²) in [7, 11) is 0. The average molecular weight is 538 g/mol. The molecule has 0 saturated heterocycles. The van der Waals surface area contributed by atoms with Gasteiger partial charge in [0.25, 0.3) is 0 Å². The lowest BCUT2D eigenvalue weighted by Gasteiger charge is -2.23. The number of ether oxygens (including phenoxy) is 1. The maximum atomic E-state index is 10.9. The molecular formula is C28H32ClN5O2S. The van der Waals surface area contributed by atoms with Gasteiger partial charge in [0, 0.05) is 18.8 Å². The molecule has 194 valence electrons. The molecule has 0 bridgehead atoms. The largest absolute Gasteiger partial charge is 0.494 e. The summed E-state index contributed by atoms with van der Waals surface area (Å²) >= 11 is 6.98. The molecule has 1 heterocycles. The summed E-state index contributed by atoms with van der Waals surface area (Å²) in [6, 6.07) is 17.9. The third kappa shape index (κ3) is 9.60. The number of carbonyl (C=O) groups is 1. The number of nitrogens with zero attached hydrogens (tertiary/aromatic N) is 5. The van der Waals surface area contributed by atoms with Gasteiger partial charge in [0.05, 0.1) is 24.8 Å². The topological polar surface area (TPSA) is 90.9 Å². The summed E-state index contributed by atoms with van der Waals surface area (Å²) in [4.78, 5) is 17.6. The molecule has 0 spiro atoms. The number of nitriles is 1. The van der Waals surface area contributed by atoms with Crippen LogP contribution in [-0.4, -0.2) is 31.0 Å². The smallest absolute Gasteiger partial charge is 0.232 e. The van der Waals surface area contributed by atoms with E-state index in [9.17, 15) is 4.79 Å². The third-order valence-corrected chi connectivity index (χ3v) is 7.12. The van der Waals surface area contributed by atoms with Crippen molar-refractivity contribution in [3.63, 3.8) is 0 Å². The van der Waals surface area contributed by atoms with Crippen LogP contribution in [0.5, 0.6) is 5.75 Å². The van der Waals surface area contributed by atoms with Crippen LogP contribution in [0.1, 0.15) is 60.7 Å². The molecule has 0 aliphatic carbocycles. The number of rotatable bonds is 16. The van der Waals surface area contributed by atoms with E-state index in [4.69, 9.17) is 21.6 Å². The van der Waals surface area contributed by atoms with Gasteiger partial charge < -0.3 is 9.64 Å². The first kappa shape index (κ1) is 28.3. The van der Waals surface area contributed by atoms with Crippen molar-refractivity contribution in [3.8, 4) is 11.8 Å². The van der Waals surface area contributed by atoms with Crippen LogP contribution in [0.3, 0.4) is 0 Å². The Morgan fingerprint density at radius 3 is 2.38 bits per heavy atom. The van der Waals surface area contributed by atoms with Crippen molar-refractivity contribution < 1.29 is 9.53 Å². The number of halogens is 1. The lowest BCUT2D eigenvalue weighted by molar-refractivity contribution is 0.112. The Labute approximate surface area is 227 Å². The zero-order chi connectivity index (χ0) is 26.3. The maximum Gasteiger partial charge on any atom is 0.232 e. The number of aldehydes is 1. The van der Waals surface area contributed by atoms with E-state index in [1.54, 1.807) is 0 Å². The molecular weight excluding hydrogens is 506 g/mol. The molecule has 2 aromatic carbocycles. The van der Waals surface area contributed by atoms with Crippen LogP contribution in [0.25, 0.3) is 0 Å². The minimum absolute atomic E-state index is 0.160. The van der Waals surface area contributed by atoms with Crippen molar-refractivity contribution in [3.05, 3.63) is 64.1 Å². The van der Waals surface area contributed by atoms with Crippen molar-refractivity contribution in [2.45, 2.75) is 51.9 Å². The summed E-state index contributed by atoms with van der Waals surface area (Å²) in [6.07, 6.45) is 8.15. The van der Waals surface area contributed by atoms with Crippen LogP contribution in [0.15, 0.2) is 58.8 Å². The van der Waals surface area contributed by atoms with Gasteiger partial charge in [0.2, 0.25) is 5.13 Å². The monoisotopic (exact) mass is 537 g/mol. The second-order valence-corrected chi connectivity index (χ2v) is 9.88. The highest BCUT2D eigenvalue weighted by atomic mass is 35.5. The number of aromatic nitrogens is 1. The number of anilines is 1. The quantitative estimate of drug-likeness (QED) is 0.104. The summed E-state index contributed by atoms with van der Waals surface area (Å²) < 4.78 is 5.80. The molecule has 0 fully saturated rings. The molecule has 0 N–H and O–H groups in total. The van der Waals surface area contributed by atoms with Crippen LogP contribution < -0.4 is 9.64 Å². The zero-order valence-electron chi connectivity index (χ0n) is 21.1. The van der Waals surface area contributed by atoms with Gasteiger partial charge in [0.15, 0.2) is 11.4 Å². The van der Waals surface area contributed by atoms with Crippen molar-refractivity contribution in [2.75, 3.05) is 24.6 Å². The minimum Gasteiger partial charge on any atom is -0.494 e. The first-order chi connectivity index (χ1) is 18.1. The molecule has 1 aromatic heterocycles. The standard InChI is InChI=1S/C28H32ClN5O2S/c1-2-34(24-13-11-23(12-14-24)32-33-28-31-27(29)26(21-35)37-28)19-7-5-3-4-6-8-20-36-25-15-9-22(10-16-25)17-18-30/h9-16,21H,2-8,17,19-20H2,1H3. The van der Waals surface area contributed by atoms with Gasteiger partial charge in [-0.1, -0.05) is 60.8 Å². The van der Waals surface area contributed by atoms with Gasteiger partial charge in [-0.15, -0.1) is 10.2 Å². The SMILES string of the molecule is CCN(CCCCCCCCOc1ccc(CC#N)cc1)c1ccc(N=Nc2nc(Cl)c(C=O)s2)cc1. The van der Waals surface area contributed by atoms with E-state index < -0.39 is 0 Å². The molecule has 37 heavy (non-hydrogen) atoms. The van der Waals surface area contributed by atoms with Gasteiger partial charge in [-0.25, -0.2) is 4.98 Å².